The summed E-state index contributed by atoms with van der Waals surface area (Å²) in [6.07, 6.45) is 1.58. The number of hydrogen-bond acceptors (Lipinski definition) is 3. The summed E-state index contributed by atoms with van der Waals surface area (Å²) in [6.45, 7) is 1.78. The van der Waals surface area contributed by atoms with Gasteiger partial charge in [0.05, 0.1) is 5.75 Å². The monoisotopic (exact) mass is 323 g/mol. The number of carbonyl (C=O) groups excluding carboxylic acids is 1. The van der Waals surface area contributed by atoms with Gasteiger partial charge >= 0.3 is 0 Å². The first-order valence-electron chi connectivity index (χ1n) is 5.52. The second-order valence-corrected chi connectivity index (χ2v) is 7.00. The van der Waals surface area contributed by atoms with Gasteiger partial charge < -0.3 is 5.32 Å². The zero-order chi connectivity index (χ0) is 13.8. The molecule has 0 aliphatic rings. The van der Waals surface area contributed by atoms with E-state index in [0.29, 0.717) is 17.0 Å². The number of rotatable bonds is 5. The van der Waals surface area contributed by atoms with Crippen molar-refractivity contribution >= 4 is 40.8 Å². The Hall–Kier alpha value is -0.720. The van der Waals surface area contributed by atoms with Gasteiger partial charge in [0.25, 0.3) is 5.91 Å². The highest BCUT2D eigenvalue weighted by atomic mass is 35.5. The fraction of sp³-hybridized carbons (Fsp3) is 0.417. The summed E-state index contributed by atoms with van der Waals surface area (Å²) < 4.78 is 22.0. The van der Waals surface area contributed by atoms with Gasteiger partial charge in [-0.15, -0.1) is 0 Å². The molecular formula is C12H18ClNO3S2. The Kier molecular flexibility index (Phi) is 7.47. The molecule has 19 heavy (non-hydrogen) atoms. The summed E-state index contributed by atoms with van der Waals surface area (Å²) in [5.41, 5.74) is 0.505. The van der Waals surface area contributed by atoms with E-state index in [0.717, 1.165) is 0 Å². The van der Waals surface area contributed by atoms with E-state index in [-0.39, 0.29) is 31.2 Å². The van der Waals surface area contributed by atoms with Gasteiger partial charge in [0.2, 0.25) is 0 Å². The quantitative estimate of drug-likeness (QED) is 0.901. The van der Waals surface area contributed by atoms with Gasteiger partial charge in [-0.2, -0.15) is 13.5 Å². The predicted molar refractivity (Wildman–Crippen MR) is 83.1 cm³/mol. The van der Waals surface area contributed by atoms with Crippen molar-refractivity contribution in [3.63, 3.8) is 0 Å². The van der Waals surface area contributed by atoms with Crippen molar-refractivity contribution in [2.24, 2.45) is 0 Å². The molecule has 0 aliphatic heterocycles. The Morgan fingerprint density at radius 3 is 2.32 bits per heavy atom. The Bertz CT molecular complexity index is 514. The highest BCUT2D eigenvalue weighted by Gasteiger charge is 2.11. The van der Waals surface area contributed by atoms with Crippen LogP contribution in [0.25, 0.3) is 0 Å². The van der Waals surface area contributed by atoms with Crippen LogP contribution in [0.2, 0.25) is 5.02 Å². The predicted octanol–water partition coefficient (Wildman–Crippen LogP) is 2.01. The first-order valence-corrected chi connectivity index (χ1v) is 7.96. The smallest absolute Gasteiger partial charge is 0.251 e. The second kappa shape index (κ2) is 7.77. The molecule has 0 radical (unpaired) electrons. The van der Waals surface area contributed by atoms with Crippen molar-refractivity contribution in [3.8, 4) is 0 Å². The Morgan fingerprint density at radius 2 is 1.84 bits per heavy atom. The number of benzene rings is 1. The summed E-state index contributed by atoms with van der Waals surface area (Å²) >= 11 is 5.72. The van der Waals surface area contributed by atoms with Crippen molar-refractivity contribution in [2.45, 2.75) is 19.4 Å². The fourth-order valence-corrected chi connectivity index (χ4v) is 2.28. The molecule has 0 spiro atoms. The van der Waals surface area contributed by atoms with Gasteiger partial charge in [0.15, 0.2) is 0 Å². The van der Waals surface area contributed by atoms with Crippen LogP contribution in [-0.2, 0) is 9.84 Å². The van der Waals surface area contributed by atoms with Crippen LogP contribution in [0.1, 0.15) is 23.7 Å². The lowest BCUT2D eigenvalue weighted by Crippen LogP contribution is -2.33. The molecule has 1 amide bonds. The van der Waals surface area contributed by atoms with Crippen molar-refractivity contribution in [2.75, 3.05) is 12.0 Å². The zero-order valence-electron chi connectivity index (χ0n) is 10.8. The largest absolute Gasteiger partial charge is 0.350 e. The normalized spacial score (nSPS) is 12.4. The number of carbonyl (C=O) groups is 1. The van der Waals surface area contributed by atoms with Gasteiger partial charge in [-0.05, 0) is 37.6 Å². The number of amides is 1. The topological polar surface area (TPSA) is 63.2 Å². The van der Waals surface area contributed by atoms with E-state index in [2.05, 4.69) is 5.32 Å². The van der Waals surface area contributed by atoms with Crippen LogP contribution >= 0.6 is 25.1 Å². The summed E-state index contributed by atoms with van der Waals surface area (Å²) in [7, 11) is -2.99. The van der Waals surface area contributed by atoms with Crippen LogP contribution in [0, 0.1) is 0 Å². The van der Waals surface area contributed by atoms with Gasteiger partial charge in [-0.3, -0.25) is 4.79 Å². The SMILES string of the molecule is C[C@@H](CCS(C)(=O)=O)NC(=O)c1ccc(Cl)cc1.S. The molecule has 7 heteroatoms. The molecule has 0 aromatic heterocycles. The number of nitrogens with one attached hydrogen (secondary N) is 1. The first kappa shape index (κ1) is 18.3. The standard InChI is InChI=1S/C12H16ClNO3S.H2S/c1-9(7-8-18(2,16)17)14-12(15)10-3-5-11(13)6-4-10;/h3-6,9H,7-8H2,1-2H3,(H,14,15);1H2/t9-;/m0./s1. The minimum absolute atomic E-state index is 0. The number of halogens is 1. The van der Waals surface area contributed by atoms with Crippen molar-refractivity contribution in [3.05, 3.63) is 34.9 Å². The Morgan fingerprint density at radius 1 is 1.32 bits per heavy atom. The van der Waals surface area contributed by atoms with Gasteiger partial charge in [-0.25, -0.2) is 8.42 Å². The molecule has 1 N–H and O–H groups in total. The molecule has 1 aromatic carbocycles. The van der Waals surface area contributed by atoms with Crippen LogP contribution in [0.15, 0.2) is 24.3 Å². The lowest BCUT2D eigenvalue weighted by Gasteiger charge is -2.13. The maximum Gasteiger partial charge on any atom is 0.251 e. The average molecular weight is 324 g/mol. The summed E-state index contributed by atoms with van der Waals surface area (Å²) in [4.78, 5) is 11.8. The van der Waals surface area contributed by atoms with E-state index < -0.39 is 9.84 Å². The maximum atomic E-state index is 11.8. The summed E-state index contributed by atoms with van der Waals surface area (Å²) in [6, 6.07) is 6.33. The molecule has 1 rings (SSSR count). The number of sulfone groups is 1. The molecule has 0 bridgehead atoms. The highest BCUT2D eigenvalue weighted by Crippen LogP contribution is 2.09. The van der Waals surface area contributed by atoms with E-state index in [4.69, 9.17) is 11.6 Å². The van der Waals surface area contributed by atoms with Crippen molar-refractivity contribution in [1.29, 1.82) is 0 Å². The average Bonchev–Trinajstić information content (AvgIpc) is 2.26. The van der Waals surface area contributed by atoms with Crippen LogP contribution in [-0.4, -0.2) is 32.4 Å². The lowest BCUT2D eigenvalue weighted by molar-refractivity contribution is 0.0939. The Labute approximate surface area is 125 Å². The molecule has 1 atom stereocenters. The summed E-state index contributed by atoms with van der Waals surface area (Å²) in [5.74, 6) is -0.164. The second-order valence-electron chi connectivity index (χ2n) is 4.30. The van der Waals surface area contributed by atoms with Crippen molar-refractivity contribution in [1.82, 2.24) is 5.32 Å². The van der Waals surface area contributed by atoms with E-state index in [9.17, 15) is 13.2 Å². The molecule has 108 valence electrons. The molecular weight excluding hydrogens is 306 g/mol. The number of hydrogen-bond donors (Lipinski definition) is 1. The summed E-state index contributed by atoms with van der Waals surface area (Å²) in [5, 5.41) is 3.31. The van der Waals surface area contributed by atoms with Crippen LogP contribution in [0.5, 0.6) is 0 Å². The molecule has 0 aliphatic carbocycles. The third-order valence-corrected chi connectivity index (χ3v) is 3.63. The lowest BCUT2D eigenvalue weighted by atomic mass is 10.2. The fourth-order valence-electron chi connectivity index (χ4n) is 1.37. The minimum Gasteiger partial charge on any atom is -0.350 e. The van der Waals surface area contributed by atoms with Crippen LogP contribution in [0.4, 0.5) is 0 Å². The maximum absolute atomic E-state index is 11.8. The molecule has 0 heterocycles. The zero-order valence-corrected chi connectivity index (χ0v) is 13.4. The Balaban J connectivity index is 0.00000324. The minimum atomic E-state index is -2.99. The van der Waals surface area contributed by atoms with Crippen LogP contribution < -0.4 is 5.32 Å². The van der Waals surface area contributed by atoms with E-state index in [1.54, 1.807) is 31.2 Å². The van der Waals surface area contributed by atoms with E-state index in [1.807, 2.05) is 0 Å². The third kappa shape index (κ3) is 7.44. The van der Waals surface area contributed by atoms with Crippen LogP contribution in [0.3, 0.4) is 0 Å². The van der Waals surface area contributed by atoms with Gasteiger partial charge in [0, 0.05) is 22.9 Å². The van der Waals surface area contributed by atoms with E-state index >= 15 is 0 Å². The van der Waals surface area contributed by atoms with Gasteiger partial charge in [-0.1, -0.05) is 11.6 Å². The molecule has 1 aromatic rings. The molecule has 4 nitrogen and oxygen atoms in total. The van der Waals surface area contributed by atoms with E-state index in [1.165, 1.54) is 6.26 Å². The first-order chi connectivity index (χ1) is 8.28. The molecule has 0 saturated heterocycles. The molecule has 0 fully saturated rings. The van der Waals surface area contributed by atoms with Gasteiger partial charge in [0.1, 0.15) is 9.84 Å². The molecule has 0 saturated carbocycles. The van der Waals surface area contributed by atoms with Crippen molar-refractivity contribution < 1.29 is 13.2 Å². The third-order valence-electron chi connectivity index (χ3n) is 2.41. The molecule has 0 unspecified atom stereocenters. The highest BCUT2D eigenvalue weighted by molar-refractivity contribution is 7.90.